The standard InChI is InChI=1S/C22H16BrCl2FN2O2S/c1-12(21(29)28-20-9-2-13(23)10-19(20)26)31-16-6-4-15(5-7-16)27-22(30)17-8-3-14(24)11-18(17)25/h2-12H,1H3,(H,27,30)(H,28,29). The van der Waals surface area contributed by atoms with Crippen molar-refractivity contribution in [3.8, 4) is 0 Å². The number of hydrogen-bond acceptors (Lipinski definition) is 3. The SMILES string of the molecule is CC(Sc1ccc(NC(=O)c2ccc(Cl)cc2Cl)cc1)C(=O)Nc1ccc(Br)cc1F. The Morgan fingerprint density at radius 3 is 2.35 bits per heavy atom. The predicted octanol–water partition coefficient (Wildman–Crippen LogP) is 7.27. The Kier molecular flexibility index (Phi) is 8.00. The fraction of sp³-hybridized carbons (Fsp3) is 0.0909. The smallest absolute Gasteiger partial charge is 0.257 e. The molecule has 0 aromatic heterocycles. The molecule has 0 heterocycles. The van der Waals surface area contributed by atoms with Gasteiger partial charge in [0.15, 0.2) is 0 Å². The molecule has 0 radical (unpaired) electrons. The predicted molar refractivity (Wildman–Crippen MR) is 129 cm³/mol. The third kappa shape index (κ3) is 6.46. The van der Waals surface area contributed by atoms with Crippen LogP contribution in [-0.2, 0) is 4.79 Å². The van der Waals surface area contributed by atoms with E-state index in [1.165, 1.54) is 30.0 Å². The lowest BCUT2D eigenvalue weighted by Gasteiger charge is -2.13. The van der Waals surface area contributed by atoms with Gasteiger partial charge in [0, 0.05) is 20.1 Å². The second-order valence-electron chi connectivity index (χ2n) is 6.48. The van der Waals surface area contributed by atoms with E-state index in [0.717, 1.165) is 4.90 Å². The zero-order valence-corrected chi connectivity index (χ0v) is 20.0. The highest BCUT2D eigenvalue weighted by Crippen LogP contribution is 2.27. The summed E-state index contributed by atoms with van der Waals surface area (Å²) in [5.74, 6) is -1.19. The molecule has 0 spiro atoms. The molecule has 0 aliphatic carbocycles. The van der Waals surface area contributed by atoms with Gasteiger partial charge in [0.25, 0.3) is 5.91 Å². The van der Waals surface area contributed by atoms with Gasteiger partial charge in [0.1, 0.15) is 5.82 Å². The number of rotatable bonds is 6. The zero-order chi connectivity index (χ0) is 22.5. The Morgan fingerprint density at radius 1 is 1.00 bits per heavy atom. The van der Waals surface area contributed by atoms with Gasteiger partial charge in [-0.2, -0.15) is 0 Å². The molecule has 0 saturated carbocycles. The average Bonchev–Trinajstić information content (AvgIpc) is 2.71. The summed E-state index contributed by atoms with van der Waals surface area (Å²) in [5, 5.41) is 5.60. The second kappa shape index (κ2) is 10.5. The summed E-state index contributed by atoms with van der Waals surface area (Å²) < 4.78 is 14.5. The Balaban J connectivity index is 1.59. The summed E-state index contributed by atoms with van der Waals surface area (Å²) in [6.07, 6.45) is 0. The van der Waals surface area contributed by atoms with E-state index in [1.807, 2.05) is 0 Å². The van der Waals surface area contributed by atoms with Crippen LogP contribution in [0.3, 0.4) is 0 Å². The molecule has 3 aromatic rings. The van der Waals surface area contributed by atoms with Crippen LogP contribution in [0.4, 0.5) is 15.8 Å². The Morgan fingerprint density at radius 2 is 1.71 bits per heavy atom. The third-order valence-corrected chi connectivity index (χ3v) is 6.31. The first kappa shape index (κ1) is 23.6. The minimum absolute atomic E-state index is 0.125. The van der Waals surface area contributed by atoms with Crippen LogP contribution in [0.15, 0.2) is 70.0 Å². The van der Waals surface area contributed by atoms with E-state index < -0.39 is 11.1 Å². The van der Waals surface area contributed by atoms with Gasteiger partial charge in [-0.05, 0) is 67.6 Å². The van der Waals surface area contributed by atoms with E-state index in [-0.39, 0.29) is 22.5 Å². The van der Waals surface area contributed by atoms with Crippen molar-refractivity contribution in [2.75, 3.05) is 10.6 Å². The van der Waals surface area contributed by atoms with Gasteiger partial charge in [0.2, 0.25) is 5.91 Å². The molecule has 160 valence electrons. The van der Waals surface area contributed by atoms with Gasteiger partial charge >= 0.3 is 0 Å². The number of thioether (sulfide) groups is 1. The highest BCUT2D eigenvalue weighted by molar-refractivity contribution is 9.10. The maximum absolute atomic E-state index is 13.9. The normalized spacial score (nSPS) is 11.6. The van der Waals surface area contributed by atoms with E-state index in [2.05, 4.69) is 26.6 Å². The summed E-state index contributed by atoms with van der Waals surface area (Å²) in [7, 11) is 0. The van der Waals surface area contributed by atoms with E-state index in [0.29, 0.717) is 20.7 Å². The lowest BCUT2D eigenvalue weighted by Crippen LogP contribution is -2.22. The second-order valence-corrected chi connectivity index (χ2v) is 9.65. The first-order valence-electron chi connectivity index (χ1n) is 9.02. The molecule has 0 fully saturated rings. The topological polar surface area (TPSA) is 58.2 Å². The van der Waals surface area contributed by atoms with Crippen molar-refractivity contribution in [1.29, 1.82) is 0 Å². The molecule has 1 unspecified atom stereocenters. The van der Waals surface area contributed by atoms with Gasteiger partial charge in [-0.3, -0.25) is 9.59 Å². The molecule has 0 saturated heterocycles. The van der Waals surface area contributed by atoms with Crippen LogP contribution in [0.25, 0.3) is 0 Å². The van der Waals surface area contributed by atoms with Gasteiger partial charge in [-0.15, -0.1) is 11.8 Å². The minimum atomic E-state index is -0.513. The van der Waals surface area contributed by atoms with Crippen molar-refractivity contribution in [3.63, 3.8) is 0 Å². The minimum Gasteiger partial charge on any atom is -0.323 e. The molecule has 2 amide bonds. The molecular formula is C22H16BrCl2FN2O2S. The van der Waals surface area contributed by atoms with Crippen LogP contribution >= 0.6 is 50.9 Å². The average molecular weight is 542 g/mol. The summed E-state index contributed by atoms with van der Waals surface area (Å²) in [4.78, 5) is 25.6. The Bertz CT molecular complexity index is 1130. The highest BCUT2D eigenvalue weighted by atomic mass is 79.9. The molecule has 0 aliphatic heterocycles. The Hall–Kier alpha value is -2.06. The summed E-state index contributed by atoms with van der Waals surface area (Å²) in [6, 6.07) is 16.1. The van der Waals surface area contributed by atoms with Crippen LogP contribution in [0, 0.1) is 5.82 Å². The largest absolute Gasteiger partial charge is 0.323 e. The van der Waals surface area contributed by atoms with Crippen molar-refractivity contribution in [1.82, 2.24) is 0 Å². The molecule has 9 heteroatoms. The molecular weight excluding hydrogens is 526 g/mol. The van der Waals surface area contributed by atoms with Crippen molar-refractivity contribution in [2.24, 2.45) is 0 Å². The lowest BCUT2D eigenvalue weighted by molar-refractivity contribution is -0.115. The fourth-order valence-electron chi connectivity index (χ4n) is 2.57. The van der Waals surface area contributed by atoms with Crippen LogP contribution in [0.5, 0.6) is 0 Å². The summed E-state index contributed by atoms with van der Waals surface area (Å²) >= 11 is 16.4. The van der Waals surface area contributed by atoms with Crippen molar-refractivity contribution in [3.05, 3.63) is 86.6 Å². The van der Waals surface area contributed by atoms with Crippen LogP contribution in [0.1, 0.15) is 17.3 Å². The number of halogens is 4. The molecule has 0 aliphatic rings. The van der Waals surface area contributed by atoms with E-state index >= 15 is 0 Å². The van der Waals surface area contributed by atoms with Gasteiger partial charge in [-0.25, -0.2) is 4.39 Å². The van der Waals surface area contributed by atoms with Crippen LogP contribution < -0.4 is 10.6 Å². The van der Waals surface area contributed by atoms with E-state index in [1.54, 1.807) is 49.4 Å². The summed E-state index contributed by atoms with van der Waals surface area (Å²) in [6.45, 7) is 1.73. The number of anilines is 2. The monoisotopic (exact) mass is 540 g/mol. The zero-order valence-electron chi connectivity index (χ0n) is 16.1. The molecule has 31 heavy (non-hydrogen) atoms. The quantitative estimate of drug-likeness (QED) is 0.323. The fourth-order valence-corrected chi connectivity index (χ4v) is 4.27. The van der Waals surface area contributed by atoms with E-state index in [4.69, 9.17) is 23.2 Å². The van der Waals surface area contributed by atoms with Crippen LogP contribution in [-0.4, -0.2) is 17.1 Å². The maximum Gasteiger partial charge on any atom is 0.257 e. The lowest BCUT2D eigenvalue weighted by atomic mass is 10.2. The third-order valence-electron chi connectivity index (χ3n) is 4.16. The van der Waals surface area contributed by atoms with Crippen molar-refractivity contribution >= 4 is 74.1 Å². The van der Waals surface area contributed by atoms with E-state index in [9.17, 15) is 14.0 Å². The molecule has 1 atom stereocenters. The number of amides is 2. The van der Waals surface area contributed by atoms with Crippen molar-refractivity contribution < 1.29 is 14.0 Å². The number of nitrogens with one attached hydrogen (secondary N) is 2. The number of hydrogen-bond donors (Lipinski definition) is 2. The number of carbonyl (C=O) groups is 2. The van der Waals surface area contributed by atoms with Crippen LogP contribution in [0.2, 0.25) is 10.0 Å². The Labute approximate surface area is 201 Å². The first-order chi connectivity index (χ1) is 14.7. The first-order valence-corrected chi connectivity index (χ1v) is 11.4. The van der Waals surface area contributed by atoms with Gasteiger partial charge < -0.3 is 10.6 Å². The van der Waals surface area contributed by atoms with Gasteiger partial charge in [0.05, 0.1) is 21.5 Å². The maximum atomic E-state index is 13.9. The molecule has 4 nitrogen and oxygen atoms in total. The number of carbonyl (C=O) groups excluding carboxylic acids is 2. The summed E-state index contributed by atoms with van der Waals surface area (Å²) in [5.41, 5.74) is 1.02. The number of benzene rings is 3. The molecule has 3 rings (SSSR count). The van der Waals surface area contributed by atoms with Crippen molar-refractivity contribution in [2.45, 2.75) is 17.1 Å². The molecule has 2 N–H and O–H groups in total. The van der Waals surface area contributed by atoms with Gasteiger partial charge in [-0.1, -0.05) is 39.1 Å². The highest BCUT2D eigenvalue weighted by Gasteiger charge is 2.17. The molecule has 3 aromatic carbocycles. The molecule has 0 bridgehead atoms.